The number of methoxy groups -OCH3 is 1. The minimum atomic E-state index is -3.34. The van der Waals surface area contributed by atoms with Gasteiger partial charge in [0.15, 0.2) is 0 Å². The van der Waals surface area contributed by atoms with Crippen molar-refractivity contribution >= 4 is 41.5 Å². The van der Waals surface area contributed by atoms with Crippen molar-refractivity contribution in [3.05, 3.63) is 28.5 Å². The molecule has 0 atom stereocenters. The van der Waals surface area contributed by atoms with Crippen molar-refractivity contribution < 1.29 is 37.4 Å². The normalized spacial score (nSPS) is 12.1. The highest BCUT2D eigenvalue weighted by Gasteiger charge is 2.30. The number of carbonyl (C=O) groups excluding carboxylic acids is 2. The maximum Gasteiger partial charge on any atom is 0.341 e. The summed E-state index contributed by atoms with van der Waals surface area (Å²) in [5, 5.41) is 0. The number of pyridine rings is 1. The van der Waals surface area contributed by atoms with Crippen LogP contribution in [0, 0.1) is 0 Å². The van der Waals surface area contributed by atoms with Gasteiger partial charge >= 0.3 is 19.5 Å². The Morgan fingerprint density at radius 2 is 1.56 bits per heavy atom. The van der Waals surface area contributed by atoms with Crippen LogP contribution in [0.3, 0.4) is 0 Å². The Balaban J connectivity index is 0.000000646. The van der Waals surface area contributed by atoms with Crippen LogP contribution in [-0.4, -0.2) is 54.6 Å². The van der Waals surface area contributed by atoms with E-state index in [1.54, 1.807) is 60.1 Å². The second-order valence-corrected chi connectivity index (χ2v) is 11.7. The first-order valence-corrected chi connectivity index (χ1v) is 13.3. The van der Waals surface area contributed by atoms with Crippen LogP contribution < -0.4 is 4.74 Å². The summed E-state index contributed by atoms with van der Waals surface area (Å²) in [6, 6.07) is 1.73. The molecule has 1 rings (SSSR count). The van der Waals surface area contributed by atoms with Gasteiger partial charge in [-0.25, -0.2) is 4.79 Å². The molecule has 0 saturated heterocycles. The first-order chi connectivity index (χ1) is 15.5. The number of carbonyl (C=O) groups is 2. The van der Waals surface area contributed by atoms with Gasteiger partial charge in [-0.3, -0.25) is 14.3 Å². The molecule has 11 heteroatoms. The van der Waals surface area contributed by atoms with Gasteiger partial charge in [0.05, 0.1) is 30.5 Å². The highest BCUT2D eigenvalue weighted by Crippen LogP contribution is 2.48. The Labute approximate surface area is 211 Å². The highest BCUT2D eigenvalue weighted by atomic mass is 79.9. The maximum absolute atomic E-state index is 12.0. The third kappa shape index (κ3) is 15.2. The maximum atomic E-state index is 12.0. The molecule has 0 bridgehead atoms. The molecule has 0 aliphatic carbocycles. The first kappa shape index (κ1) is 32.3. The Bertz CT molecular complexity index is 865. The van der Waals surface area contributed by atoms with E-state index in [2.05, 4.69) is 20.9 Å². The summed E-state index contributed by atoms with van der Waals surface area (Å²) in [5.41, 5.74) is -0.465. The number of hydrogen-bond donors (Lipinski definition) is 0. The zero-order valence-electron chi connectivity index (χ0n) is 21.5. The molecular weight excluding hydrogens is 529 g/mol. The minimum absolute atomic E-state index is 0.236. The van der Waals surface area contributed by atoms with Gasteiger partial charge in [-0.15, -0.1) is 0 Å². The molecule has 194 valence electrons. The number of rotatable bonds is 9. The van der Waals surface area contributed by atoms with Gasteiger partial charge in [0.1, 0.15) is 23.1 Å². The standard InChI is InChI=1S/C13H16BrNO3.C10H21O5P/c1-13(2,3)18-12(16)6-5-9-7-11(17-4)10(14)8-15-9;1-6-13-16(12,14-7-2)8-9(11)15-10(3,4)5/h5-8H,1-4H3;6-8H2,1-5H3. The average Bonchev–Trinajstić information content (AvgIpc) is 2.65. The molecule has 1 heterocycles. The van der Waals surface area contributed by atoms with E-state index < -0.39 is 30.7 Å². The van der Waals surface area contributed by atoms with Crippen LogP contribution in [0.25, 0.3) is 6.08 Å². The molecule has 1 aromatic rings. The fourth-order valence-corrected chi connectivity index (χ4v) is 4.03. The molecule has 0 aliphatic heterocycles. The lowest BCUT2D eigenvalue weighted by atomic mass is 10.2. The van der Waals surface area contributed by atoms with E-state index in [0.717, 1.165) is 4.47 Å². The van der Waals surface area contributed by atoms with Gasteiger partial charge in [0, 0.05) is 18.3 Å². The minimum Gasteiger partial charge on any atom is -0.495 e. The van der Waals surface area contributed by atoms with Crippen LogP contribution in [-0.2, 0) is 32.7 Å². The van der Waals surface area contributed by atoms with Crippen LogP contribution in [0.5, 0.6) is 5.75 Å². The molecule has 0 saturated carbocycles. The van der Waals surface area contributed by atoms with Gasteiger partial charge in [-0.2, -0.15) is 0 Å². The fourth-order valence-electron chi connectivity index (χ4n) is 2.23. The van der Waals surface area contributed by atoms with Crippen molar-refractivity contribution in [3.8, 4) is 5.75 Å². The Hall–Kier alpha value is -1.74. The second-order valence-electron chi connectivity index (χ2n) is 8.80. The summed E-state index contributed by atoms with van der Waals surface area (Å²) in [5.74, 6) is -0.308. The van der Waals surface area contributed by atoms with Crippen molar-refractivity contribution in [2.24, 2.45) is 0 Å². The molecule has 1 aromatic heterocycles. The van der Waals surface area contributed by atoms with Gasteiger partial charge in [-0.1, -0.05) is 0 Å². The van der Waals surface area contributed by atoms with Crippen LogP contribution in [0.15, 0.2) is 22.8 Å². The van der Waals surface area contributed by atoms with Crippen LogP contribution >= 0.6 is 23.5 Å². The molecule has 0 fully saturated rings. The number of aromatic nitrogens is 1. The van der Waals surface area contributed by atoms with E-state index in [1.807, 2.05) is 20.8 Å². The molecule has 0 aliphatic rings. The van der Waals surface area contributed by atoms with Crippen molar-refractivity contribution in [1.29, 1.82) is 0 Å². The van der Waals surface area contributed by atoms with E-state index in [4.69, 9.17) is 23.3 Å². The number of esters is 2. The summed E-state index contributed by atoms with van der Waals surface area (Å²) >= 11 is 3.31. The predicted octanol–water partition coefficient (Wildman–Crippen LogP) is 5.80. The SMILES string of the molecule is CCOP(=O)(CC(=O)OC(C)(C)C)OCC.COc1cc(C=CC(=O)OC(C)(C)C)ncc1Br. The Kier molecular flexibility index (Phi) is 13.9. The summed E-state index contributed by atoms with van der Waals surface area (Å²) in [4.78, 5) is 27.1. The zero-order valence-corrected chi connectivity index (χ0v) is 23.9. The lowest BCUT2D eigenvalue weighted by Gasteiger charge is -2.21. The third-order valence-corrected chi connectivity index (χ3v) is 5.80. The number of nitrogens with zero attached hydrogens (tertiary/aromatic N) is 1. The molecule has 0 aromatic carbocycles. The molecule has 0 radical (unpaired) electrons. The van der Waals surface area contributed by atoms with Gasteiger partial charge in [-0.05, 0) is 77.4 Å². The fraction of sp³-hybridized carbons (Fsp3) is 0.609. The lowest BCUT2D eigenvalue weighted by Crippen LogP contribution is -2.26. The Morgan fingerprint density at radius 3 is 2.00 bits per heavy atom. The summed E-state index contributed by atoms with van der Waals surface area (Å²) in [6.07, 6.45) is 4.21. The van der Waals surface area contributed by atoms with Crippen molar-refractivity contribution in [2.45, 2.75) is 66.6 Å². The monoisotopic (exact) mass is 565 g/mol. The van der Waals surface area contributed by atoms with Crippen LogP contribution in [0.2, 0.25) is 0 Å². The molecule has 0 unspecified atom stereocenters. The van der Waals surface area contributed by atoms with E-state index in [1.165, 1.54) is 6.08 Å². The van der Waals surface area contributed by atoms with Gasteiger partial charge < -0.3 is 23.3 Å². The van der Waals surface area contributed by atoms with E-state index >= 15 is 0 Å². The quantitative estimate of drug-likeness (QED) is 0.208. The first-order valence-electron chi connectivity index (χ1n) is 10.7. The molecule has 0 amide bonds. The number of hydrogen-bond acceptors (Lipinski definition) is 9. The molecule has 0 N–H and O–H groups in total. The number of ether oxygens (including phenoxy) is 3. The van der Waals surface area contributed by atoms with E-state index in [9.17, 15) is 14.2 Å². The smallest absolute Gasteiger partial charge is 0.341 e. The van der Waals surface area contributed by atoms with Gasteiger partial charge in [0.25, 0.3) is 0 Å². The summed E-state index contributed by atoms with van der Waals surface area (Å²) in [7, 11) is -1.77. The highest BCUT2D eigenvalue weighted by molar-refractivity contribution is 9.10. The van der Waals surface area contributed by atoms with Crippen molar-refractivity contribution in [1.82, 2.24) is 4.98 Å². The summed E-state index contributed by atoms with van der Waals surface area (Å²) < 4.78 is 38.0. The Morgan fingerprint density at radius 1 is 1.03 bits per heavy atom. The molecule has 0 spiro atoms. The van der Waals surface area contributed by atoms with Crippen molar-refractivity contribution in [3.63, 3.8) is 0 Å². The lowest BCUT2D eigenvalue weighted by molar-refractivity contribution is -0.152. The van der Waals surface area contributed by atoms with Crippen LogP contribution in [0.4, 0.5) is 0 Å². The van der Waals surface area contributed by atoms with Crippen molar-refractivity contribution in [2.75, 3.05) is 26.5 Å². The largest absolute Gasteiger partial charge is 0.495 e. The second kappa shape index (κ2) is 14.6. The van der Waals surface area contributed by atoms with E-state index in [0.29, 0.717) is 11.4 Å². The molecular formula is C23H37BrNO8P. The molecule has 9 nitrogen and oxygen atoms in total. The average molecular weight is 566 g/mol. The predicted molar refractivity (Wildman–Crippen MR) is 135 cm³/mol. The van der Waals surface area contributed by atoms with Gasteiger partial charge in [0.2, 0.25) is 0 Å². The topological polar surface area (TPSA) is 110 Å². The number of halogens is 1. The third-order valence-electron chi connectivity index (χ3n) is 3.25. The van der Waals surface area contributed by atoms with E-state index in [-0.39, 0.29) is 19.4 Å². The molecule has 34 heavy (non-hydrogen) atoms. The zero-order chi connectivity index (χ0) is 26.6. The summed E-state index contributed by atoms with van der Waals surface area (Å²) in [6.45, 7) is 14.6. The van der Waals surface area contributed by atoms with Crippen LogP contribution in [0.1, 0.15) is 61.1 Å².